The van der Waals surface area contributed by atoms with Crippen LogP contribution in [0.15, 0.2) is 42.5 Å². The van der Waals surface area contributed by atoms with Crippen molar-refractivity contribution in [2.75, 3.05) is 6.61 Å². The predicted molar refractivity (Wildman–Crippen MR) is 78.3 cm³/mol. The highest BCUT2D eigenvalue weighted by molar-refractivity contribution is 6.17. The van der Waals surface area contributed by atoms with Crippen molar-refractivity contribution in [1.29, 1.82) is 0 Å². The average Bonchev–Trinajstić information content (AvgIpc) is 2.49. The molecule has 6 heteroatoms. The van der Waals surface area contributed by atoms with Crippen molar-refractivity contribution in [2.45, 2.75) is 12.3 Å². The molecule has 4 nitrogen and oxygen atoms in total. The lowest BCUT2D eigenvalue weighted by Crippen LogP contribution is -2.05. The normalized spacial score (nSPS) is 10.4. The molecule has 0 N–H and O–H groups in total. The fourth-order valence-electron chi connectivity index (χ4n) is 1.96. The Balaban J connectivity index is 2.04. The largest absolute Gasteiger partial charge is 0.493 e. The summed E-state index contributed by atoms with van der Waals surface area (Å²) < 4.78 is 18.6. The molecule has 0 aromatic heterocycles. The van der Waals surface area contributed by atoms with Gasteiger partial charge in [0.15, 0.2) is 0 Å². The highest BCUT2D eigenvalue weighted by Crippen LogP contribution is 2.23. The van der Waals surface area contributed by atoms with Crippen molar-refractivity contribution in [2.24, 2.45) is 0 Å². The van der Waals surface area contributed by atoms with Gasteiger partial charge in [-0.05, 0) is 18.2 Å². The van der Waals surface area contributed by atoms with Crippen molar-refractivity contribution < 1.29 is 14.1 Å². The van der Waals surface area contributed by atoms with E-state index in [9.17, 15) is 14.5 Å². The summed E-state index contributed by atoms with van der Waals surface area (Å²) in [5.41, 5.74) is 1.22. The van der Waals surface area contributed by atoms with Crippen LogP contribution >= 0.6 is 11.6 Å². The van der Waals surface area contributed by atoms with E-state index in [4.69, 9.17) is 16.3 Å². The standard InChI is InChI=1S/C15H13ClFNO3/c16-10-12-9-13(17)5-6-15(12)21-8-7-11-3-1-2-4-14(11)18(19)20/h1-6,9H,7-8,10H2. The van der Waals surface area contributed by atoms with Crippen LogP contribution in [0.2, 0.25) is 0 Å². The lowest BCUT2D eigenvalue weighted by molar-refractivity contribution is -0.385. The first-order chi connectivity index (χ1) is 10.1. The molecule has 0 heterocycles. The fraction of sp³-hybridized carbons (Fsp3) is 0.200. The Labute approximate surface area is 126 Å². The molecule has 0 saturated heterocycles. The van der Waals surface area contributed by atoms with E-state index in [1.807, 2.05) is 0 Å². The quantitative estimate of drug-likeness (QED) is 0.459. The van der Waals surface area contributed by atoms with Crippen LogP contribution in [0.4, 0.5) is 10.1 Å². The van der Waals surface area contributed by atoms with Crippen LogP contribution in [0.5, 0.6) is 5.75 Å². The maximum absolute atomic E-state index is 13.1. The molecule has 0 aliphatic carbocycles. The van der Waals surface area contributed by atoms with Gasteiger partial charge in [-0.1, -0.05) is 18.2 Å². The minimum Gasteiger partial charge on any atom is -0.493 e. The summed E-state index contributed by atoms with van der Waals surface area (Å²) in [6.07, 6.45) is 0.385. The molecule has 110 valence electrons. The van der Waals surface area contributed by atoms with Gasteiger partial charge in [-0.15, -0.1) is 11.6 Å². The molecule has 0 atom stereocenters. The maximum Gasteiger partial charge on any atom is 0.272 e. The molecule has 2 aromatic rings. The van der Waals surface area contributed by atoms with Gasteiger partial charge in [0, 0.05) is 23.6 Å². The van der Waals surface area contributed by atoms with E-state index in [0.29, 0.717) is 23.3 Å². The zero-order valence-electron chi connectivity index (χ0n) is 11.1. The zero-order chi connectivity index (χ0) is 15.2. The van der Waals surface area contributed by atoms with Crippen LogP contribution in [0.25, 0.3) is 0 Å². The number of hydrogen-bond acceptors (Lipinski definition) is 3. The fourth-order valence-corrected chi connectivity index (χ4v) is 2.17. The predicted octanol–water partition coefficient (Wildman–Crippen LogP) is 4.09. The highest BCUT2D eigenvalue weighted by Gasteiger charge is 2.12. The van der Waals surface area contributed by atoms with Gasteiger partial charge in [-0.25, -0.2) is 4.39 Å². The van der Waals surface area contributed by atoms with Crippen molar-refractivity contribution >= 4 is 17.3 Å². The van der Waals surface area contributed by atoms with E-state index in [0.717, 1.165) is 0 Å². The van der Waals surface area contributed by atoms with E-state index >= 15 is 0 Å². The van der Waals surface area contributed by atoms with E-state index < -0.39 is 4.92 Å². The number of nitro groups is 1. The molecule has 0 saturated carbocycles. The molecule has 0 radical (unpaired) electrons. The Kier molecular flexibility index (Phi) is 5.11. The van der Waals surface area contributed by atoms with Gasteiger partial charge in [0.2, 0.25) is 0 Å². The molecule has 0 spiro atoms. The van der Waals surface area contributed by atoms with Gasteiger partial charge in [0.1, 0.15) is 11.6 Å². The monoisotopic (exact) mass is 309 g/mol. The Bertz CT molecular complexity index is 649. The third-order valence-corrected chi connectivity index (χ3v) is 3.27. The van der Waals surface area contributed by atoms with E-state index in [2.05, 4.69) is 0 Å². The molecule has 0 unspecified atom stereocenters. The van der Waals surface area contributed by atoms with Gasteiger partial charge < -0.3 is 4.74 Å². The van der Waals surface area contributed by atoms with Crippen LogP contribution in [0, 0.1) is 15.9 Å². The number of alkyl halides is 1. The van der Waals surface area contributed by atoms with Gasteiger partial charge in [0.05, 0.1) is 17.4 Å². The second-order valence-corrected chi connectivity index (χ2v) is 4.64. The van der Waals surface area contributed by atoms with Crippen molar-refractivity contribution in [1.82, 2.24) is 0 Å². The summed E-state index contributed by atoms with van der Waals surface area (Å²) >= 11 is 5.73. The van der Waals surface area contributed by atoms with Gasteiger partial charge in [-0.3, -0.25) is 10.1 Å². The third kappa shape index (κ3) is 3.92. The first kappa shape index (κ1) is 15.3. The van der Waals surface area contributed by atoms with Crippen molar-refractivity contribution in [3.05, 3.63) is 69.5 Å². The summed E-state index contributed by atoms with van der Waals surface area (Å²) in [6, 6.07) is 10.6. The van der Waals surface area contributed by atoms with Crippen LogP contribution in [-0.2, 0) is 12.3 Å². The second kappa shape index (κ2) is 7.04. The number of nitro benzene ring substituents is 1. The van der Waals surface area contributed by atoms with Crippen molar-refractivity contribution in [3.63, 3.8) is 0 Å². The number of nitrogens with zero attached hydrogens (tertiary/aromatic N) is 1. The molecule has 2 rings (SSSR count). The molecule has 2 aromatic carbocycles. The summed E-state index contributed by atoms with van der Waals surface area (Å²) in [5, 5.41) is 10.9. The van der Waals surface area contributed by atoms with E-state index in [1.54, 1.807) is 18.2 Å². The molecule has 0 amide bonds. The Hall–Kier alpha value is -2.14. The van der Waals surface area contributed by atoms with Crippen LogP contribution < -0.4 is 4.74 Å². The third-order valence-electron chi connectivity index (χ3n) is 2.98. The molecule has 0 fully saturated rings. The minimum atomic E-state index is -0.419. The lowest BCUT2D eigenvalue weighted by Gasteiger charge is -2.10. The maximum atomic E-state index is 13.1. The highest BCUT2D eigenvalue weighted by atomic mass is 35.5. The Morgan fingerprint density at radius 3 is 2.67 bits per heavy atom. The van der Waals surface area contributed by atoms with Crippen LogP contribution in [0.3, 0.4) is 0 Å². The van der Waals surface area contributed by atoms with E-state index in [-0.39, 0.29) is 24.0 Å². The molecule has 21 heavy (non-hydrogen) atoms. The second-order valence-electron chi connectivity index (χ2n) is 4.37. The summed E-state index contributed by atoms with van der Waals surface area (Å²) in [5.74, 6) is 0.250. The smallest absolute Gasteiger partial charge is 0.272 e. The number of benzene rings is 2. The van der Waals surface area contributed by atoms with Crippen molar-refractivity contribution in [3.8, 4) is 5.75 Å². The lowest BCUT2D eigenvalue weighted by atomic mass is 10.1. The number of para-hydroxylation sites is 1. The zero-order valence-corrected chi connectivity index (χ0v) is 11.8. The van der Waals surface area contributed by atoms with Gasteiger partial charge in [-0.2, -0.15) is 0 Å². The summed E-state index contributed by atoms with van der Waals surface area (Å²) in [4.78, 5) is 10.5. The van der Waals surface area contributed by atoms with E-state index in [1.165, 1.54) is 24.3 Å². The van der Waals surface area contributed by atoms with Crippen LogP contribution in [0.1, 0.15) is 11.1 Å². The summed E-state index contributed by atoms with van der Waals surface area (Å²) in [6.45, 7) is 0.250. The average molecular weight is 310 g/mol. The minimum absolute atomic E-state index is 0.0674. The van der Waals surface area contributed by atoms with Gasteiger partial charge in [0.25, 0.3) is 5.69 Å². The van der Waals surface area contributed by atoms with Gasteiger partial charge >= 0.3 is 0 Å². The Morgan fingerprint density at radius 2 is 1.95 bits per heavy atom. The topological polar surface area (TPSA) is 52.4 Å². The first-order valence-corrected chi connectivity index (χ1v) is 6.84. The molecule has 0 aliphatic heterocycles. The number of hydrogen-bond donors (Lipinski definition) is 0. The van der Waals surface area contributed by atoms with Crippen LogP contribution in [-0.4, -0.2) is 11.5 Å². The number of ether oxygens (including phenoxy) is 1. The number of halogens is 2. The molecule has 0 aliphatic rings. The molecular weight excluding hydrogens is 297 g/mol. The molecule has 0 bridgehead atoms. The number of rotatable bonds is 6. The first-order valence-electron chi connectivity index (χ1n) is 6.31. The Morgan fingerprint density at radius 1 is 1.19 bits per heavy atom. The molecular formula is C15H13ClFNO3. The SMILES string of the molecule is O=[N+]([O-])c1ccccc1CCOc1ccc(F)cc1CCl. The summed E-state index contributed by atoms with van der Waals surface area (Å²) in [7, 11) is 0.